The molecule has 8 heteroatoms. The van der Waals surface area contributed by atoms with Crippen LogP contribution in [0.25, 0.3) is 0 Å². The molecule has 126 valence electrons. The van der Waals surface area contributed by atoms with Gasteiger partial charge in [0, 0.05) is 8.04 Å². The van der Waals surface area contributed by atoms with Gasteiger partial charge in [0.15, 0.2) is 5.11 Å². The van der Waals surface area contributed by atoms with Gasteiger partial charge in [0.2, 0.25) is 0 Å². The summed E-state index contributed by atoms with van der Waals surface area (Å²) in [5, 5.41) is 5.73. The molecule has 1 aromatic heterocycles. The molecule has 1 heterocycles. The van der Waals surface area contributed by atoms with Crippen LogP contribution < -0.4 is 15.4 Å². The summed E-state index contributed by atoms with van der Waals surface area (Å²) in [5.74, 6) is 0.744. The molecule has 0 saturated carbocycles. The Labute approximate surface area is 167 Å². The average molecular weight is 520 g/mol. The van der Waals surface area contributed by atoms with Crippen LogP contribution in [0.2, 0.25) is 0 Å². The number of hydrogen-bond acceptors (Lipinski definition) is 4. The number of carbonyl (C=O) groups excluding carboxylic acids is 1. The van der Waals surface area contributed by atoms with E-state index >= 15 is 0 Å². The topological polar surface area (TPSA) is 63.2 Å². The minimum atomic E-state index is -0.351. The molecule has 0 spiro atoms. The molecule has 0 aliphatic carbocycles. The van der Waals surface area contributed by atoms with Crippen molar-refractivity contribution in [3.8, 4) is 5.75 Å². The van der Waals surface area contributed by atoms with Crippen LogP contribution >= 0.6 is 50.7 Å². The van der Waals surface area contributed by atoms with Gasteiger partial charge in [-0.25, -0.2) is 4.98 Å². The van der Waals surface area contributed by atoms with Crippen LogP contribution in [0.15, 0.2) is 28.7 Å². The van der Waals surface area contributed by atoms with Gasteiger partial charge in [-0.15, -0.1) is 0 Å². The number of ether oxygens (including phenoxy) is 1. The number of halogens is 2. The van der Waals surface area contributed by atoms with Crippen LogP contribution in [-0.2, 0) is 0 Å². The highest BCUT2D eigenvalue weighted by Crippen LogP contribution is 2.27. The van der Waals surface area contributed by atoms with Gasteiger partial charge in [-0.1, -0.05) is 15.9 Å². The quantitative estimate of drug-likeness (QED) is 0.470. The van der Waals surface area contributed by atoms with Gasteiger partial charge in [-0.05, 0) is 78.5 Å². The van der Waals surface area contributed by atoms with E-state index < -0.39 is 0 Å². The van der Waals surface area contributed by atoms with Crippen molar-refractivity contribution < 1.29 is 9.53 Å². The van der Waals surface area contributed by atoms with Gasteiger partial charge in [-0.3, -0.25) is 10.1 Å². The first-order valence-corrected chi connectivity index (χ1v) is 9.19. The number of pyridine rings is 1. The van der Waals surface area contributed by atoms with Crippen LogP contribution in [0.1, 0.15) is 21.6 Å². The third-order valence-electron chi connectivity index (χ3n) is 3.18. The number of nitrogens with one attached hydrogen (secondary N) is 2. The summed E-state index contributed by atoms with van der Waals surface area (Å²) in [6.07, 6.45) is 0. The molecule has 1 aromatic carbocycles. The van der Waals surface area contributed by atoms with Gasteiger partial charge >= 0.3 is 0 Å². The number of rotatable bonds is 3. The molecule has 2 rings (SSSR count). The molecule has 0 aliphatic heterocycles. The molecular weight excluding hydrogens is 505 g/mol. The van der Waals surface area contributed by atoms with Crippen LogP contribution in [0.3, 0.4) is 0 Å². The first-order valence-electron chi connectivity index (χ1n) is 6.91. The molecule has 0 fully saturated rings. The van der Waals surface area contributed by atoms with Gasteiger partial charge in [0.1, 0.15) is 11.6 Å². The number of methoxy groups -OCH3 is 1. The van der Waals surface area contributed by atoms with E-state index in [4.69, 9.17) is 17.0 Å². The number of hydrogen-bond donors (Lipinski definition) is 2. The molecule has 5 nitrogen and oxygen atoms in total. The molecule has 0 atom stereocenters. The van der Waals surface area contributed by atoms with E-state index in [1.807, 2.05) is 26.0 Å². The molecule has 0 unspecified atom stereocenters. The summed E-state index contributed by atoms with van der Waals surface area (Å²) in [7, 11) is 1.53. The lowest BCUT2D eigenvalue weighted by Gasteiger charge is -2.13. The van der Waals surface area contributed by atoms with E-state index in [2.05, 4.69) is 54.1 Å². The number of aryl methyl sites for hydroxylation is 2. The Morgan fingerprint density at radius 2 is 2.04 bits per heavy atom. The van der Waals surface area contributed by atoms with Crippen molar-refractivity contribution in [3.05, 3.63) is 49.1 Å². The Balaban J connectivity index is 2.14. The third-order valence-corrected chi connectivity index (χ3v) is 4.98. The van der Waals surface area contributed by atoms with Crippen molar-refractivity contribution in [2.75, 3.05) is 12.4 Å². The summed E-state index contributed by atoms with van der Waals surface area (Å²) >= 11 is 10.8. The molecular formula is C16H15BrIN3O2S. The third kappa shape index (κ3) is 4.64. The first kappa shape index (κ1) is 19.1. The standard InChI is InChI=1S/C16H15BrIN3O2S/c1-8-6-10(17)7-11(14(8)23-3)15(22)21-16(24)20-13-5-4-12(18)9(2)19-13/h4-7H,1-3H3,(H2,19,20,21,22,24). The summed E-state index contributed by atoms with van der Waals surface area (Å²) in [4.78, 5) is 16.9. The van der Waals surface area contributed by atoms with Crippen molar-refractivity contribution in [3.63, 3.8) is 0 Å². The van der Waals surface area contributed by atoms with Crippen molar-refractivity contribution in [1.82, 2.24) is 10.3 Å². The van der Waals surface area contributed by atoms with Gasteiger partial charge in [0.05, 0.1) is 18.4 Å². The Morgan fingerprint density at radius 1 is 1.33 bits per heavy atom. The monoisotopic (exact) mass is 519 g/mol. The fraction of sp³-hybridized carbons (Fsp3) is 0.188. The summed E-state index contributed by atoms with van der Waals surface area (Å²) in [6, 6.07) is 7.30. The van der Waals surface area contributed by atoms with Crippen LogP contribution in [0, 0.1) is 17.4 Å². The fourth-order valence-electron chi connectivity index (χ4n) is 2.10. The second-order valence-electron chi connectivity index (χ2n) is 4.98. The molecule has 0 bridgehead atoms. The molecule has 0 saturated heterocycles. The predicted octanol–water partition coefficient (Wildman–Crippen LogP) is 4.20. The highest BCUT2D eigenvalue weighted by Gasteiger charge is 2.17. The van der Waals surface area contributed by atoms with Crippen LogP contribution in [0.5, 0.6) is 5.75 Å². The highest BCUT2D eigenvalue weighted by molar-refractivity contribution is 14.1. The largest absolute Gasteiger partial charge is 0.496 e. The van der Waals surface area contributed by atoms with E-state index in [0.29, 0.717) is 17.1 Å². The number of benzene rings is 1. The van der Waals surface area contributed by atoms with E-state index in [0.717, 1.165) is 19.3 Å². The Hall–Kier alpha value is -1.26. The lowest BCUT2D eigenvalue weighted by Crippen LogP contribution is -2.34. The minimum absolute atomic E-state index is 0.174. The van der Waals surface area contributed by atoms with Crippen molar-refractivity contribution >= 4 is 67.6 Å². The van der Waals surface area contributed by atoms with Gasteiger partial charge < -0.3 is 10.1 Å². The Morgan fingerprint density at radius 3 is 2.67 bits per heavy atom. The van der Waals surface area contributed by atoms with E-state index in [1.165, 1.54) is 7.11 Å². The zero-order valence-electron chi connectivity index (χ0n) is 13.2. The van der Waals surface area contributed by atoms with Crippen molar-refractivity contribution in [1.29, 1.82) is 0 Å². The molecule has 24 heavy (non-hydrogen) atoms. The molecule has 2 N–H and O–H groups in total. The normalized spacial score (nSPS) is 10.2. The number of carbonyl (C=O) groups is 1. The average Bonchev–Trinajstić information content (AvgIpc) is 2.50. The molecule has 0 radical (unpaired) electrons. The number of aromatic nitrogens is 1. The maximum atomic E-state index is 12.5. The molecule has 1 amide bonds. The first-order chi connectivity index (χ1) is 11.3. The number of amides is 1. The summed E-state index contributed by atoms with van der Waals surface area (Å²) in [6.45, 7) is 3.78. The summed E-state index contributed by atoms with van der Waals surface area (Å²) < 4.78 is 7.17. The zero-order valence-corrected chi connectivity index (χ0v) is 17.8. The maximum Gasteiger partial charge on any atom is 0.261 e. The lowest BCUT2D eigenvalue weighted by atomic mass is 10.1. The van der Waals surface area contributed by atoms with E-state index in [1.54, 1.807) is 12.1 Å². The SMILES string of the molecule is COc1c(C)cc(Br)cc1C(=O)NC(=S)Nc1ccc(I)c(C)n1. The smallest absolute Gasteiger partial charge is 0.261 e. The predicted molar refractivity (Wildman–Crippen MR) is 111 cm³/mol. The Bertz CT molecular complexity index is 814. The van der Waals surface area contributed by atoms with Gasteiger partial charge in [0.25, 0.3) is 5.91 Å². The maximum absolute atomic E-state index is 12.5. The number of nitrogens with zero attached hydrogens (tertiary/aromatic N) is 1. The fourth-order valence-corrected chi connectivity index (χ4v) is 3.17. The second kappa shape index (κ2) is 8.21. The minimum Gasteiger partial charge on any atom is -0.496 e. The van der Waals surface area contributed by atoms with Crippen LogP contribution in [0.4, 0.5) is 5.82 Å². The van der Waals surface area contributed by atoms with Crippen molar-refractivity contribution in [2.45, 2.75) is 13.8 Å². The highest BCUT2D eigenvalue weighted by atomic mass is 127. The van der Waals surface area contributed by atoms with Crippen LogP contribution in [-0.4, -0.2) is 23.1 Å². The van der Waals surface area contributed by atoms with Crippen molar-refractivity contribution in [2.24, 2.45) is 0 Å². The zero-order chi connectivity index (χ0) is 17.9. The second-order valence-corrected chi connectivity index (χ2v) is 7.46. The molecule has 2 aromatic rings. The summed E-state index contributed by atoms with van der Waals surface area (Å²) in [5.41, 5.74) is 2.14. The number of thiocarbonyl (C=S) groups is 1. The Kier molecular flexibility index (Phi) is 6.53. The molecule has 0 aliphatic rings. The van der Waals surface area contributed by atoms with E-state index in [-0.39, 0.29) is 11.0 Å². The van der Waals surface area contributed by atoms with E-state index in [9.17, 15) is 4.79 Å². The lowest BCUT2D eigenvalue weighted by molar-refractivity contribution is 0.0974. The van der Waals surface area contributed by atoms with Gasteiger partial charge in [-0.2, -0.15) is 0 Å². The number of anilines is 1.